The van der Waals surface area contributed by atoms with Crippen molar-refractivity contribution >= 4 is 23.2 Å². The van der Waals surface area contributed by atoms with Crippen molar-refractivity contribution in [3.63, 3.8) is 0 Å². The highest BCUT2D eigenvalue weighted by Crippen LogP contribution is 2.33. The number of nitrogens with one attached hydrogen (secondary N) is 1. The molecule has 28 heavy (non-hydrogen) atoms. The van der Waals surface area contributed by atoms with Crippen LogP contribution < -0.4 is 10.2 Å². The van der Waals surface area contributed by atoms with Gasteiger partial charge in [0.1, 0.15) is 0 Å². The molecule has 1 aliphatic rings. The molecule has 1 unspecified atom stereocenters. The highest BCUT2D eigenvalue weighted by atomic mass is 16.2. The van der Waals surface area contributed by atoms with Gasteiger partial charge in [0.15, 0.2) is 0 Å². The quantitative estimate of drug-likeness (QED) is 0.827. The SMILES string of the molecule is CCc1cccc(C)c1N1CC(C(=O)Nc2ccccc2C(C)(C)C)CC1=O. The molecule has 2 aromatic carbocycles. The highest BCUT2D eigenvalue weighted by Gasteiger charge is 2.36. The number of hydrogen-bond donors (Lipinski definition) is 1. The van der Waals surface area contributed by atoms with E-state index in [0.29, 0.717) is 6.54 Å². The van der Waals surface area contributed by atoms with Crippen molar-refractivity contribution < 1.29 is 9.59 Å². The summed E-state index contributed by atoms with van der Waals surface area (Å²) in [4.78, 5) is 27.5. The van der Waals surface area contributed by atoms with E-state index < -0.39 is 0 Å². The Balaban J connectivity index is 1.81. The first kappa shape index (κ1) is 20.1. The van der Waals surface area contributed by atoms with Crippen LogP contribution in [-0.2, 0) is 21.4 Å². The molecule has 0 spiro atoms. The zero-order valence-electron chi connectivity index (χ0n) is 17.5. The maximum absolute atomic E-state index is 13.0. The second-order valence-corrected chi connectivity index (χ2v) is 8.63. The van der Waals surface area contributed by atoms with Crippen molar-refractivity contribution in [2.75, 3.05) is 16.8 Å². The third-order valence-corrected chi connectivity index (χ3v) is 5.46. The molecule has 0 radical (unpaired) electrons. The zero-order chi connectivity index (χ0) is 20.5. The number of amides is 2. The van der Waals surface area contributed by atoms with E-state index in [1.54, 1.807) is 4.90 Å². The predicted molar refractivity (Wildman–Crippen MR) is 115 cm³/mol. The van der Waals surface area contributed by atoms with Gasteiger partial charge in [-0.1, -0.05) is 64.1 Å². The van der Waals surface area contributed by atoms with Gasteiger partial charge >= 0.3 is 0 Å². The Morgan fingerprint density at radius 2 is 1.86 bits per heavy atom. The maximum atomic E-state index is 13.0. The molecule has 3 rings (SSSR count). The van der Waals surface area contributed by atoms with Crippen LogP contribution in [0, 0.1) is 12.8 Å². The van der Waals surface area contributed by atoms with Gasteiger partial charge in [-0.25, -0.2) is 0 Å². The van der Waals surface area contributed by atoms with Crippen LogP contribution in [0.4, 0.5) is 11.4 Å². The number of carbonyl (C=O) groups is 2. The van der Waals surface area contributed by atoms with E-state index in [1.165, 1.54) is 0 Å². The van der Waals surface area contributed by atoms with Crippen LogP contribution in [0.3, 0.4) is 0 Å². The molecule has 2 aromatic rings. The Kier molecular flexibility index (Phi) is 5.59. The van der Waals surface area contributed by atoms with E-state index in [1.807, 2.05) is 43.3 Å². The van der Waals surface area contributed by atoms with E-state index in [0.717, 1.165) is 34.5 Å². The topological polar surface area (TPSA) is 49.4 Å². The fourth-order valence-electron chi connectivity index (χ4n) is 3.97. The fraction of sp³-hybridized carbons (Fsp3) is 0.417. The molecule has 1 saturated heterocycles. The standard InChI is InChI=1S/C24H30N2O2/c1-6-17-11-9-10-16(2)22(17)26-15-18(14-21(26)27)23(28)25-20-13-8-7-12-19(20)24(3,4)5/h7-13,18H,6,14-15H2,1-5H3,(H,25,28). The van der Waals surface area contributed by atoms with Crippen LogP contribution in [0.1, 0.15) is 50.8 Å². The van der Waals surface area contributed by atoms with E-state index >= 15 is 0 Å². The minimum Gasteiger partial charge on any atom is -0.326 e. The normalized spacial score (nSPS) is 17.1. The molecule has 1 N–H and O–H groups in total. The van der Waals surface area contributed by atoms with Crippen LogP contribution in [-0.4, -0.2) is 18.4 Å². The number of para-hydroxylation sites is 2. The Labute approximate surface area is 167 Å². The number of benzene rings is 2. The number of aryl methyl sites for hydroxylation is 2. The summed E-state index contributed by atoms with van der Waals surface area (Å²) in [6.07, 6.45) is 1.11. The summed E-state index contributed by atoms with van der Waals surface area (Å²) in [5.74, 6) is -0.405. The molecule has 0 bridgehead atoms. The van der Waals surface area contributed by atoms with Crippen molar-refractivity contribution in [2.45, 2.75) is 52.9 Å². The monoisotopic (exact) mass is 378 g/mol. The second kappa shape index (κ2) is 7.78. The minimum absolute atomic E-state index is 0.0215. The van der Waals surface area contributed by atoms with Crippen molar-refractivity contribution in [3.05, 3.63) is 59.2 Å². The first-order chi connectivity index (χ1) is 13.2. The van der Waals surface area contributed by atoms with E-state index in [9.17, 15) is 9.59 Å². The lowest BCUT2D eigenvalue weighted by Crippen LogP contribution is -2.30. The lowest BCUT2D eigenvalue weighted by molar-refractivity contribution is -0.122. The Morgan fingerprint density at radius 1 is 1.14 bits per heavy atom. The molecule has 0 saturated carbocycles. The molecule has 1 heterocycles. The molecule has 1 atom stereocenters. The van der Waals surface area contributed by atoms with Gasteiger partial charge in [0, 0.05) is 24.3 Å². The van der Waals surface area contributed by atoms with Gasteiger partial charge in [-0.05, 0) is 41.5 Å². The maximum Gasteiger partial charge on any atom is 0.229 e. The Hall–Kier alpha value is -2.62. The van der Waals surface area contributed by atoms with Crippen LogP contribution in [0.2, 0.25) is 0 Å². The second-order valence-electron chi connectivity index (χ2n) is 8.63. The highest BCUT2D eigenvalue weighted by molar-refractivity contribution is 6.04. The van der Waals surface area contributed by atoms with Crippen LogP contribution in [0.25, 0.3) is 0 Å². The molecule has 148 valence electrons. The van der Waals surface area contributed by atoms with Gasteiger partial charge in [-0.3, -0.25) is 9.59 Å². The summed E-state index contributed by atoms with van der Waals surface area (Å²) in [7, 11) is 0. The molecular weight excluding hydrogens is 348 g/mol. The average Bonchev–Trinajstić information content (AvgIpc) is 3.02. The van der Waals surface area contributed by atoms with Gasteiger partial charge in [0.05, 0.1) is 5.92 Å². The molecule has 1 aliphatic heterocycles. The first-order valence-electron chi connectivity index (χ1n) is 10.0. The van der Waals surface area contributed by atoms with E-state index in [4.69, 9.17) is 0 Å². The van der Waals surface area contributed by atoms with Gasteiger partial charge in [0.2, 0.25) is 11.8 Å². The lowest BCUT2D eigenvalue weighted by Gasteiger charge is -2.24. The van der Waals surface area contributed by atoms with E-state index in [-0.39, 0.29) is 29.6 Å². The third-order valence-electron chi connectivity index (χ3n) is 5.46. The zero-order valence-corrected chi connectivity index (χ0v) is 17.5. The Bertz CT molecular complexity index is 896. The average molecular weight is 379 g/mol. The molecular formula is C24H30N2O2. The summed E-state index contributed by atoms with van der Waals surface area (Å²) in [6, 6.07) is 14.0. The molecule has 4 heteroatoms. The van der Waals surface area contributed by atoms with Crippen molar-refractivity contribution in [3.8, 4) is 0 Å². The summed E-state index contributed by atoms with van der Waals surface area (Å²) in [6.45, 7) is 10.9. The molecule has 0 aliphatic carbocycles. The number of anilines is 2. The number of carbonyl (C=O) groups excluding carboxylic acids is 2. The smallest absolute Gasteiger partial charge is 0.229 e. The Morgan fingerprint density at radius 3 is 2.54 bits per heavy atom. The molecule has 4 nitrogen and oxygen atoms in total. The summed E-state index contributed by atoms with van der Waals surface area (Å²) in [5.41, 5.74) is 5.05. The first-order valence-corrected chi connectivity index (χ1v) is 10.0. The van der Waals surface area contributed by atoms with Gasteiger partial charge < -0.3 is 10.2 Å². The van der Waals surface area contributed by atoms with Crippen molar-refractivity contribution in [1.82, 2.24) is 0 Å². The number of nitrogens with zero attached hydrogens (tertiary/aromatic N) is 1. The van der Waals surface area contributed by atoms with E-state index in [2.05, 4.69) is 39.1 Å². The molecule has 1 fully saturated rings. The van der Waals surface area contributed by atoms with Gasteiger partial charge in [-0.2, -0.15) is 0 Å². The number of rotatable bonds is 4. The fourth-order valence-corrected chi connectivity index (χ4v) is 3.97. The van der Waals surface area contributed by atoms with Crippen LogP contribution in [0.15, 0.2) is 42.5 Å². The van der Waals surface area contributed by atoms with Crippen LogP contribution >= 0.6 is 0 Å². The summed E-state index contributed by atoms with van der Waals surface area (Å²) < 4.78 is 0. The summed E-state index contributed by atoms with van der Waals surface area (Å²) >= 11 is 0. The summed E-state index contributed by atoms with van der Waals surface area (Å²) in [5, 5.41) is 3.08. The van der Waals surface area contributed by atoms with Crippen LogP contribution in [0.5, 0.6) is 0 Å². The van der Waals surface area contributed by atoms with Crippen molar-refractivity contribution in [1.29, 1.82) is 0 Å². The largest absolute Gasteiger partial charge is 0.326 e. The molecule has 2 amide bonds. The predicted octanol–water partition coefficient (Wildman–Crippen LogP) is 4.85. The van der Waals surface area contributed by atoms with Gasteiger partial charge in [0.25, 0.3) is 0 Å². The third kappa shape index (κ3) is 3.96. The number of hydrogen-bond acceptors (Lipinski definition) is 2. The van der Waals surface area contributed by atoms with Gasteiger partial charge in [-0.15, -0.1) is 0 Å². The molecule has 0 aromatic heterocycles. The minimum atomic E-state index is -0.343. The van der Waals surface area contributed by atoms with Crippen molar-refractivity contribution in [2.24, 2.45) is 5.92 Å². The lowest BCUT2D eigenvalue weighted by atomic mass is 9.85.